The van der Waals surface area contributed by atoms with Crippen molar-refractivity contribution in [3.8, 4) is 0 Å². The first-order valence-electron chi connectivity index (χ1n) is 7.14. The molecule has 0 radical (unpaired) electrons. The zero-order valence-corrected chi connectivity index (χ0v) is 11.6. The largest absolute Gasteiger partial charge is 0.481 e. The van der Waals surface area contributed by atoms with Crippen LogP contribution >= 0.6 is 0 Å². The van der Waals surface area contributed by atoms with Crippen LogP contribution in [0.25, 0.3) is 0 Å². The summed E-state index contributed by atoms with van der Waals surface area (Å²) in [5.74, 6) is -1.02. The van der Waals surface area contributed by atoms with Crippen molar-refractivity contribution in [2.45, 2.75) is 37.7 Å². The molecule has 1 aromatic heterocycles. The van der Waals surface area contributed by atoms with Crippen LogP contribution in [0.3, 0.4) is 0 Å². The number of aliphatic carboxylic acids is 1. The summed E-state index contributed by atoms with van der Waals surface area (Å²) in [5, 5.41) is 22.6. The van der Waals surface area contributed by atoms with Crippen molar-refractivity contribution >= 4 is 5.97 Å². The summed E-state index contributed by atoms with van der Waals surface area (Å²) in [6.45, 7) is 1.33. The maximum Gasteiger partial charge on any atom is 0.306 e. The van der Waals surface area contributed by atoms with Crippen LogP contribution in [0.2, 0.25) is 0 Å². The second kappa shape index (κ2) is 6.81. The van der Waals surface area contributed by atoms with Crippen molar-refractivity contribution < 1.29 is 15.0 Å². The van der Waals surface area contributed by atoms with E-state index in [1.165, 1.54) is 5.56 Å². The van der Waals surface area contributed by atoms with E-state index in [0.717, 1.165) is 13.0 Å². The van der Waals surface area contributed by atoms with E-state index in [0.29, 0.717) is 32.2 Å². The Balaban J connectivity index is 1.68. The Morgan fingerprint density at radius 3 is 2.60 bits per heavy atom. The molecule has 0 unspecified atom stereocenters. The molecule has 1 aliphatic carbocycles. The summed E-state index contributed by atoms with van der Waals surface area (Å²) in [5.41, 5.74) is 0.471. The normalized spacial score (nSPS) is 26.4. The highest BCUT2D eigenvalue weighted by molar-refractivity contribution is 5.70. The first-order chi connectivity index (χ1) is 9.59. The Bertz CT molecular complexity index is 428. The van der Waals surface area contributed by atoms with Gasteiger partial charge in [-0.25, -0.2) is 0 Å². The van der Waals surface area contributed by atoms with E-state index in [4.69, 9.17) is 5.11 Å². The zero-order chi connectivity index (χ0) is 14.4. The molecule has 5 heteroatoms. The molecule has 5 nitrogen and oxygen atoms in total. The molecular weight excluding hydrogens is 256 g/mol. The third kappa shape index (κ3) is 4.28. The van der Waals surface area contributed by atoms with Gasteiger partial charge in [-0.05, 0) is 56.3 Å². The third-order valence-corrected chi connectivity index (χ3v) is 4.06. The van der Waals surface area contributed by atoms with Gasteiger partial charge in [-0.15, -0.1) is 0 Å². The Kier molecular flexibility index (Phi) is 5.09. The number of carbonyl (C=O) groups is 1. The van der Waals surface area contributed by atoms with Crippen LogP contribution < -0.4 is 5.32 Å². The van der Waals surface area contributed by atoms with Crippen LogP contribution in [-0.2, 0) is 11.2 Å². The molecule has 3 N–H and O–H groups in total. The molecule has 0 aromatic carbocycles. The van der Waals surface area contributed by atoms with Crippen molar-refractivity contribution in [1.29, 1.82) is 0 Å². The van der Waals surface area contributed by atoms with Gasteiger partial charge >= 0.3 is 5.97 Å². The van der Waals surface area contributed by atoms with Gasteiger partial charge in [-0.2, -0.15) is 0 Å². The van der Waals surface area contributed by atoms with Gasteiger partial charge in [-0.3, -0.25) is 9.78 Å². The van der Waals surface area contributed by atoms with Gasteiger partial charge in [0, 0.05) is 18.9 Å². The van der Waals surface area contributed by atoms with Gasteiger partial charge in [0.25, 0.3) is 0 Å². The molecule has 1 aromatic rings. The minimum atomic E-state index is -0.746. The fourth-order valence-corrected chi connectivity index (χ4v) is 2.68. The van der Waals surface area contributed by atoms with E-state index in [1.54, 1.807) is 12.4 Å². The number of rotatable bonds is 6. The molecule has 0 atom stereocenters. The molecule has 2 rings (SSSR count). The van der Waals surface area contributed by atoms with Gasteiger partial charge in [-0.1, -0.05) is 0 Å². The predicted molar refractivity (Wildman–Crippen MR) is 75.4 cm³/mol. The lowest BCUT2D eigenvalue weighted by atomic mass is 9.79. The van der Waals surface area contributed by atoms with E-state index in [-0.39, 0.29) is 5.92 Å². The van der Waals surface area contributed by atoms with Gasteiger partial charge in [0.1, 0.15) is 0 Å². The molecule has 0 bridgehead atoms. The monoisotopic (exact) mass is 278 g/mol. The molecule has 0 saturated heterocycles. The van der Waals surface area contributed by atoms with Crippen LogP contribution in [0.15, 0.2) is 24.5 Å². The minimum absolute atomic E-state index is 0.285. The fraction of sp³-hybridized carbons (Fsp3) is 0.600. The van der Waals surface area contributed by atoms with E-state index >= 15 is 0 Å². The molecule has 110 valence electrons. The highest BCUT2D eigenvalue weighted by atomic mass is 16.4. The smallest absolute Gasteiger partial charge is 0.306 e. The number of hydrogen-bond donors (Lipinski definition) is 3. The number of aliphatic hydroxyl groups is 1. The number of carboxylic acids is 1. The zero-order valence-electron chi connectivity index (χ0n) is 11.6. The standard InChI is InChI=1S/C15H22N2O3/c18-14(19)13-1-6-15(20,7-2-13)11-17-10-5-12-3-8-16-9-4-12/h3-4,8-9,13,17,20H,1-2,5-7,10-11H2,(H,18,19). The van der Waals surface area contributed by atoms with Crippen LogP contribution in [0.1, 0.15) is 31.2 Å². The van der Waals surface area contributed by atoms with Crippen molar-refractivity contribution in [2.24, 2.45) is 5.92 Å². The highest BCUT2D eigenvalue weighted by Crippen LogP contribution is 2.31. The summed E-state index contributed by atoms with van der Waals surface area (Å²) in [6.07, 6.45) is 6.70. The number of nitrogens with zero attached hydrogens (tertiary/aromatic N) is 1. The first kappa shape index (κ1) is 14.9. The number of hydrogen-bond acceptors (Lipinski definition) is 4. The van der Waals surface area contributed by atoms with Gasteiger partial charge in [0.05, 0.1) is 11.5 Å². The van der Waals surface area contributed by atoms with E-state index in [2.05, 4.69) is 10.3 Å². The second-order valence-corrected chi connectivity index (χ2v) is 5.62. The Morgan fingerprint density at radius 2 is 2.00 bits per heavy atom. The number of nitrogens with one attached hydrogen (secondary N) is 1. The number of aromatic nitrogens is 1. The lowest BCUT2D eigenvalue weighted by molar-refractivity contribution is -0.144. The van der Waals surface area contributed by atoms with E-state index in [9.17, 15) is 9.90 Å². The average Bonchev–Trinajstić information content (AvgIpc) is 2.45. The maximum absolute atomic E-state index is 10.9. The molecule has 1 fully saturated rings. The van der Waals surface area contributed by atoms with Crippen LogP contribution in [0.4, 0.5) is 0 Å². The van der Waals surface area contributed by atoms with E-state index in [1.807, 2.05) is 12.1 Å². The Morgan fingerprint density at radius 1 is 1.35 bits per heavy atom. The Hall–Kier alpha value is -1.46. The summed E-state index contributed by atoms with van der Waals surface area (Å²) >= 11 is 0. The second-order valence-electron chi connectivity index (χ2n) is 5.62. The van der Waals surface area contributed by atoms with Crippen molar-refractivity contribution in [2.75, 3.05) is 13.1 Å². The maximum atomic E-state index is 10.9. The van der Waals surface area contributed by atoms with Crippen LogP contribution in [0.5, 0.6) is 0 Å². The van der Waals surface area contributed by atoms with Crippen LogP contribution in [-0.4, -0.2) is 39.9 Å². The topological polar surface area (TPSA) is 82.5 Å². The Labute approximate surface area is 119 Å². The van der Waals surface area contributed by atoms with Crippen molar-refractivity contribution in [3.63, 3.8) is 0 Å². The molecule has 20 heavy (non-hydrogen) atoms. The van der Waals surface area contributed by atoms with Crippen molar-refractivity contribution in [3.05, 3.63) is 30.1 Å². The fourth-order valence-electron chi connectivity index (χ4n) is 2.68. The molecule has 0 aliphatic heterocycles. The molecule has 0 spiro atoms. The molecule has 0 amide bonds. The minimum Gasteiger partial charge on any atom is -0.481 e. The van der Waals surface area contributed by atoms with Gasteiger partial charge in [0.2, 0.25) is 0 Å². The van der Waals surface area contributed by atoms with Gasteiger partial charge < -0.3 is 15.5 Å². The highest BCUT2D eigenvalue weighted by Gasteiger charge is 2.35. The summed E-state index contributed by atoms with van der Waals surface area (Å²) in [4.78, 5) is 14.9. The summed E-state index contributed by atoms with van der Waals surface area (Å²) in [6, 6.07) is 3.96. The third-order valence-electron chi connectivity index (χ3n) is 4.06. The van der Waals surface area contributed by atoms with Gasteiger partial charge in [0.15, 0.2) is 0 Å². The average molecular weight is 278 g/mol. The molecule has 1 aliphatic rings. The lowest BCUT2D eigenvalue weighted by Gasteiger charge is -2.34. The SMILES string of the molecule is O=C(O)C1CCC(O)(CNCCc2ccncc2)CC1. The molecular formula is C15H22N2O3. The summed E-state index contributed by atoms with van der Waals surface area (Å²) in [7, 11) is 0. The molecule has 1 saturated carbocycles. The number of carboxylic acid groups (broad SMARTS) is 1. The van der Waals surface area contributed by atoms with Crippen LogP contribution in [0, 0.1) is 5.92 Å². The molecule has 1 heterocycles. The quantitative estimate of drug-likeness (QED) is 0.682. The summed E-state index contributed by atoms with van der Waals surface area (Å²) < 4.78 is 0. The predicted octanol–water partition coefficient (Wildman–Crippen LogP) is 1.22. The first-order valence-corrected chi connectivity index (χ1v) is 7.14. The number of pyridine rings is 1. The van der Waals surface area contributed by atoms with Crippen molar-refractivity contribution in [1.82, 2.24) is 10.3 Å². The lowest BCUT2D eigenvalue weighted by Crippen LogP contribution is -2.44. The van der Waals surface area contributed by atoms with E-state index < -0.39 is 11.6 Å².